The van der Waals surface area contributed by atoms with Gasteiger partial charge >= 0.3 is 0 Å². The highest BCUT2D eigenvalue weighted by Gasteiger charge is 2.03. The predicted molar refractivity (Wildman–Crippen MR) is 45.2 cm³/mol. The van der Waals surface area contributed by atoms with Gasteiger partial charge in [-0.15, -0.1) is 0 Å². The molecule has 2 rings (SSSR count). The van der Waals surface area contributed by atoms with Crippen LogP contribution in [0.4, 0.5) is 0 Å². The summed E-state index contributed by atoms with van der Waals surface area (Å²) in [4.78, 5) is 4.19. The standard InChI is InChI=1S/C8H10N4/c1-6-7(2)12(5-9-6)8-3-4-10-11-8/h3-5H,1-2H3,(H,10,11). The Kier molecular flexibility index (Phi) is 1.46. The molecule has 0 aliphatic heterocycles. The van der Waals surface area contributed by atoms with Crippen LogP contribution in [0.1, 0.15) is 11.4 Å². The molecule has 0 saturated heterocycles. The van der Waals surface area contributed by atoms with Crippen molar-refractivity contribution in [2.45, 2.75) is 13.8 Å². The van der Waals surface area contributed by atoms with Crippen molar-refractivity contribution < 1.29 is 0 Å². The van der Waals surface area contributed by atoms with E-state index in [1.807, 2.05) is 24.5 Å². The maximum atomic E-state index is 4.19. The second-order valence-electron chi connectivity index (χ2n) is 2.73. The number of H-pyrrole nitrogens is 1. The van der Waals surface area contributed by atoms with E-state index < -0.39 is 0 Å². The van der Waals surface area contributed by atoms with E-state index in [-0.39, 0.29) is 0 Å². The fourth-order valence-electron chi connectivity index (χ4n) is 1.12. The molecule has 0 radical (unpaired) electrons. The van der Waals surface area contributed by atoms with Crippen LogP contribution in [0.15, 0.2) is 18.6 Å². The van der Waals surface area contributed by atoms with Crippen molar-refractivity contribution >= 4 is 0 Å². The van der Waals surface area contributed by atoms with Gasteiger partial charge in [0.1, 0.15) is 12.1 Å². The Hall–Kier alpha value is -1.58. The molecular formula is C8H10N4. The minimum absolute atomic E-state index is 0.952. The van der Waals surface area contributed by atoms with Gasteiger partial charge in [0.25, 0.3) is 0 Å². The molecule has 0 aromatic carbocycles. The molecular weight excluding hydrogens is 152 g/mol. The number of nitrogens with one attached hydrogen (secondary N) is 1. The molecule has 0 fully saturated rings. The van der Waals surface area contributed by atoms with Crippen LogP contribution < -0.4 is 0 Å². The normalized spacial score (nSPS) is 10.5. The number of nitrogens with zero attached hydrogens (tertiary/aromatic N) is 3. The van der Waals surface area contributed by atoms with Crippen LogP contribution in [-0.4, -0.2) is 19.7 Å². The van der Waals surface area contributed by atoms with Gasteiger partial charge in [0, 0.05) is 11.8 Å². The van der Waals surface area contributed by atoms with Gasteiger partial charge in [0.15, 0.2) is 0 Å². The lowest BCUT2D eigenvalue weighted by Gasteiger charge is -1.99. The van der Waals surface area contributed by atoms with Crippen molar-refractivity contribution in [3.05, 3.63) is 30.0 Å². The first-order chi connectivity index (χ1) is 5.79. The zero-order valence-corrected chi connectivity index (χ0v) is 7.07. The number of imidazole rings is 1. The summed E-state index contributed by atoms with van der Waals surface area (Å²) in [5.74, 6) is 0.952. The van der Waals surface area contributed by atoms with Crippen LogP contribution >= 0.6 is 0 Å². The van der Waals surface area contributed by atoms with Crippen molar-refractivity contribution in [3.8, 4) is 5.82 Å². The summed E-state index contributed by atoms with van der Waals surface area (Å²) in [6.45, 7) is 4.02. The van der Waals surface area contributed by atoms with Crippen molar-refractivity contribution in [1.82, 2.24) is 19.7 Å². The van der Waals surface area contributed by atoms with Crippen LogP contribution in [-0.2, 0) is 0 Å². The van der Waals surface area contributed by atoms with Gasteiger partial charge in [-0.3, -0.25) is 9.67 Å². The van der Waals surface area contributed by atoms with E-state index in [0.717, 1.165) is 17.2 Å². The van der Waals surface area contributed by atoms with E-state index in [9.17, 15) is 0 Å². The topological polar surface area (TPSA) is 46.5 Å². The molecule has 0 unspecified atom stereocenters. The summed E-state index contributed by atoms with van der Waals surface area (Å²) in [5.41, 5.74) is 2.18. The summed E-state index contributed by atoms with van der Waals surface area (Å²) >= 11 is 0. The van der Waals surface area contributed by atoms with Crippen LogP contribution in [0.25, 0.3) is 5.82 Å². The Labute approximate surface area is 70.3 Å². The van der Waals surface area contributed by atoms with Gasteiger partial charge in [-0.2, -0.15) is 5.10 Å². The lowest BCUT2D eigenvalue weighted by Crippen LogP contribution is -1.95. The number of rotatable bonds is 1. The molecule has 2 heterocycles. The van der Waals surface area contributed by atoms with Gasteiger partial charge in [-0.25, -0.2) is 4.98 Å². The Morgan fingerprint density at radius 1 is 1.42 bits per heavy atom. The third-order valence-electron chi connectivity index (χ3n) is 2.00. The van der Waals surface area contributed by atoms with Crippen LogP contribution in [0.3, 0.4) is 0 Å². The summed E-state index contributed by atoms with van der Waals surface area (Å²) in [7, 11) is 0. The highest BCUT2D eigenvalue weighted by molar-refractivity contribution is 5.25. The Bertz CT molecular complexity index is 372. The average Bonchev–Trinajstić information content (AvgIpc) is 2.64. The average molecular weight is 162 g/mol. The maximum absolute atomic E-state index is 4.19. The Morgan fingerprint density at radius 2 is 2.25 bits per heavy atom. The predicted octanol–water partition coefficient (Wildman–Crippen LogP) is 1.21. The first kappa shape index (κ1) is 7.09. The molecule has 4 nitrogen and oxygen atoms in total. The molecule has 0 amide bonds. The molecule has 2 aromatic heterocycles. The fraction of sp³-hybridized carbons (Fsp3) is 0.250. The quantitative estimate of drug-likeness (QED) is 0.685. The fourth-order valence-corrected chi connectivity index (χ4v) is 1.12. The molecule has 4 heteroatoms. The number of aryl methyl sites for hydroxylation is 1. The minimum atomic E-state index is 0.952. The van der Waals surface area contributed by atoms with Crippen molar-refractivity contribution in [2.24, 2.45) is 0 Å². The summed E-state index contributed by atoms with van der Waals surface area (Å²) < 4.78 is 1.97. The SMILES string of the molecule is Cc1ncn(-c2ccn[nH]2)c1C. The Balaban J connectivity index is 2.55. The minimum Gasteiger partial charge on any atom is -0.288 e. The van der Waals surface area contributed by atoms with Gasteiger partial charge < -0.3 is 0 Å². The van der Waals surface area contributed by atoms with E-state index in [1.54, 1.807) is 12.5 Å². The van der Waals surface area contributed by atoms with Crippen LogP contribution in [0.2, 0.25) is 0 Å². The van der Waals surface area contributed by atoms with E-state index >= 15 is 0 Å². The summed E-state index contributed by atoms with van der Waals surface area (Å²) in [6, 6.07) is 1.91. The van der Waals surface area contributed by atoms with Gasteiger partial charge in [0.2, 0.25) is 0 Å². The molecule has 0 bridgehead atoms. The van der Waals surface area contributed by atoms with Gasteiger partial charge in [0.05, 0.1) is 11.9 Å². The molecule has 0 spiro atoms. The lowest BCUT2D eigenvalue weighted by molar-refractivity contribution is 0.925. The van der Waals surface area contributed by atoms with Gasteiger partial charge in [-0.1, -0.05) is 0 Å². The molecule has 1 N–H and O–H groups in total. The van der Waals surface area contributed by atoms with E-state index in [2.05, 4.69) is 15.2 Å². The van der Waals surface area contributed by atoms with E-state index in [4.69, 9.17) is 0 Å². The van der Waals surface area contributed by atoms with E-state index in [0.29, 0.717) is 0 Å². The Morgan fingerprint density at radius 3 is 2.75 bits per heavy atom. The molecule has 62 valence electrons. The monoisotopic (exact) mass is 162 g/mol. The maximum Gasteiger partial charge on any atom is 0.133 e. The van der Waals surface area contributed by atoms with Crippen LogP contribution in [0.5, 0.6) is 0 Å². The molecule has 0 aliphatic carbocycles. The first-order valence-electron chi connectivity index (χ1n) is 3.79. The number of hydrogen-bond donors (Lipinski definition) is 1. The second-order valence-corrected chi connectivity index (χ2v) is 2.73. The molecule has 0 saturated carbocycles. The zero-order valence-electron chi connectivity index (χ0n) is 7.07. The lowest BCUT2D eigenvalue weighted by atomic mass is 10.4. The highest BCUT2D eigenvalue weighted by Crippen LogP contribution is 2.09. The number of aromatic amines is 1. The third kappa shape index (κ3) is 0.922. The molecule has 12 heavy (non-hydrogen) atoms. The summed E-state index contributed by atoms with van der Waals surface area (Å²) in [5, 5.41) is 6.76. The smallest absolute Gasteiger partial charge is 0.133 e. The third-order valence-corrected chi connectivity index (χ3v) is 2.00. The summed E-state index contributed by atoms with van der Waals surface area (Å²) in [6.07, 6.45) is 3.52. The van der Waals surface area contributed by atoms with Crippen molar-refractivity contribution in [3.63, 3.8) is 0 Å². The van der Waals surface area contributed by atoms with E-state index in [1.165, 1.54) is 0 Å². The van der Waals surface area contributed by atoms with Crippen LogP contribution in [0, 0.1) is 13.8 Å². The number of aromatic nitrogens is 4. The van der Waals surface area contributed by atoms with Crippen molar-refractivity contribution in [2.75, 3.05) is 0 Å². The van der Waals surface area contributed by atoms with Gasteiger partial charge in [-0.05, 0) is 13.8 Å². The highest BCUT2D eigenvalue weighted by atomic mass is 15.2. The van der Waals surface area contributed by atoms with Crippen molar-refractivity contribution in [1.29, 1.82) is 0 Å². The number of hydrogen-bond acceptors (Lipinski definition) is 2. The first-order valence-corrected chi connectivity index (χ1v) is 3.79. The molecule has 0 aliphatic rings. The largest absolute Gasteiger partial charge is 0.288 e. The molecule has 0 atom stereocenters. The molecule has 2 aromatic rings. The zero-order chi connectivity index (χ0) is 8.55. The second kappa shape index (κ2) is 2.48.